The molecule has 0 spiro atoms. The first-order valence-electron chi connectivity index (χ1n) is 5.23. The van der Waals surface area contributed by atoms with Crippen LogP contribution >= 0.6 is 11.8 Å². The lowest BCUT2D eigenvalue weighted by atomic mass is 10.3. The van der Waals surface area contributed by atoms with Crippen LogP contribution < -0.4 is 5.32 Å². The molecule has 0 saturated heterocycles. The molecule has 1 amide bonds. The SMILES string of the molecule is O=C(Nc1ccccc1)SCc1ccccn1. The van der Waals surface area contributed by atoms with Crippen molar-refractivity contribution in [3.8, 4) is 0 Å². The number of thioether (sulfide) groups is 1. The summed E-state index contributed by atoms with van der Waals surface area (Å²) in [4.78, 5) is 15.8. The number of carbonyl (C=O) groups is 1. The normalized spacial score (nSPS) is 9.88. The maximum atomic E-state index is 11.6. The second-order valence-electron chi connectivity index (χ2n) is 3.39. The van der Waals surface area contributed by atoms with Gasteiger partial charge in [-0.25, -0.2) is 0 Å². The highest BCUT2D eigenvalue weighted by Gasteiger charge is 2.03. The van der Waals surface area contributed by atoms with E-state index in [0.29, 0.717) is 5.75 Å². The molecule has 4 heteroatoms. The van der Waals surface area contributed by atoms with Crippen molar-refractivity contribution < 1.29 is 4.79 Å². The molecular weight excluding hydrogens is 232 g/mol. The van der Waals surface area contributed by atoms with Gasteiger partial charge in [-0.1, -0.05) is 36.0 Å². The minimum atomic E-state index is -0.0677. The molecule has 0 unspecified atom stereocenters. The van der Waals surface area contributed by atoms with E-state index in [-0.39, 0.29) is 5.24 Å². The van der Waals surface area contributed by atoms with Crippen molar-refractivity contribution in [2.75, 3.05) is 5.32 Å². The number of anilines is 1. The summed E-state index contributed by atoms with van der Waals surface area (Å²) < 4.78 is 0. The van der Waals surface area contributed by atoms with Crippen molar-refractivity contribution in [2.45, 2.75) is 5.75 Å². The molecule has 17 heavy (non-hydrogen) atoms. The molecule has 0 aliphatic rings. The van der Waals surface area contributed by atoms with Crippen molar-refractivity contribution in [3.63, 3.8) is 0 Å². The second kappa shape index (κ2) is 6.06. The van der Waals surface area contributed by atoms with Crippen LogP contribution in [0.5, 0.6) is 0 Å². The molecule has 1 aromatic carbocycles. The van der Waals surface area contributed by atoms with E-state index in [1.54, 1.807) is 6.20 Å². The maximum Gasteiger partial charge on any atom is 0.283 e. The number of pyridine rings is 1. The summed E-state index contributed by atoms with van der Waals surface area (Å²) >= 11 is 1.21. The maximum absolute atomic E-state index is 11.6. The molecule has 1 heterocycles. The average Bonchev–Trinajstić information content (AvgIpc) is 2.39. The standard InChI is InChI=1S/C13H12N2OS/c16-13(15-11-6-2-1-3-7-11)17-10-12-8-4-5-9-14-12/h1-9H,10H2,(H,15,16). The van der Waals surface area contributed by atoms with Gasteiger partial charge in [-0.3, -0.25) is 9.78 Å². The summed E-state index contributed by atoms with van der Waals surface area (Å²) in [5.74, 6) is 0.583. The number of para-hydroxylation sites is 1. The molecular formula is C13H12N2OS. The zero-order valence-electron chi connectivity index (χ0n) is 9.17. The quantitative estimate of drug-likeness (QED) is 0.897. The van der Waals surface area contributed by atoms with Gasteiger partial charge in [-0.2, -0.15) is 0 Å². The number of amides is 1. The van der Waals surface area contributed by atoms with E-state index >= 15 is 0 Å². The molecule has 0 saturated carbocycles. The van der Waals surface area contributed by atoms with E-state index in [1.165, 1.54) is 11.8 Å². The van der Waals surface area contributed by atoms with E-state index in [9.17, 15) is 4.79 Å². The molecule has 2 aromatic rings. The fourth-order valence-corrected chi connectivity index (χ4v) is 1.94. The predicted octanol–water partition coefficient (Wildman–Crippen LogP) is 3.55. The molecule has 2 rings (SSSR count). The molecule has 1 N–H and O–H groups in total. The third-order valence-corrected chi connectivity index (χ3v) is 2.90. The molecule has 0 bridgehead atoms. The van der Waals surface area contributed by atoms with Gasteiger partial charge >= 0.3 is 0 Å². The van der Waals surface area contributed by atoms with E-state index < -0.39 is 0 Å². The summed E-state index contributed by atoms with van der Waals surface area (Å²) in [6.07, 6.45) is 1.73. The molecule has 86 valence electrons. The number of nitrogens with zero attached hydrogens (tertiary/aromatic N) is 1. The van der Waals surface area contributed by atoms with E-state index in [4.69, 9.17) is 0 Å². The highest BCUT2D eigenvalue weighted by molar-refractivity contribution is 8.13. The van der Waals surface area contributed by atoms with Crippen LogP contribution in [-0.4, -0.2) is 10.2 Å². The van der Waals surface area contributed by atoms with Crippen molar-refractivity contribution in [2.24, 2.45) is 0 Å². The number of benzene rings is 1. The van der Waals surface area contributed by atoms with Crippen molar-refractivity contribution in [1.82, 2.24) is 4.98 Å². The minimum Gasteiger partial charge on any atom is -0.317 e. The van der Waals surface area contributed by atoms with Gasteiger partial charge in [0.05, 0.1) is 5.69 Å². The molecule has 0 aliphatic carbocycles. The molecule has 0 fully saturated rings. The summed E-state index contributed by atoms with van der Waals surface area (Å²) in [6.45, 7) is 0. The number of hydrogen-bond acceptors (Lipinski definition) is 3. The molecule has 0 aliphatic heterocycles. The Morgan fingerprint density at radius 1 is 1.12 bits per heavy atom. The van der Waals surface area contributed by atoms with Gasteiger partial charge in [0.1, 0.15) is 0 Å². The summed E-state index contributed by atoms with van der Waals surface area (Å²) in [5, 5.41) is 2.74. The largest absolute Gasteiger partial charge is 0.317 e. The number of hydrogen-bond donors (Lipinski definition) is 1. The van der Waals surface area contributed by atoms with Gasteiger partial charge in [-0.05, 0) is 24.3 Å². The van der Waals surface area contributed by atoms with E-state index in [2.05, 4.69) is 10.3 Å². The predicted molar refractivity (Wildman–Crippen MR) is 71.0 cm³/mol. The Bertz CT molecular complexity index is 473. The van der Waals surface area contributed by atoms with Gasteiger partial charge in [0.25, 0.3) is 5.24 Å². The second-order valence-corrected chi connectivity index (χ2v) is 4.34. The fraction of sp³-hybridized carbons (Fsp3) is 0.0769. The lowest BCUT2D eigenvalue weighted by Gasteiger charge is -2.03. The van der Waals surface area contributed by atoms with Gasteiger partial charge in [0.2, 0.25) is 0 Å². The monoisotopic (exact) mass is 244 g/mol. The summed E-state index contributed by atoms with van der Waals surface area (Å²) in [5.41, 5.74) is 1.71. The molecule has 0 radical (unpaired) electrons. The van der Waals surface area contributed by atoms with Crippen LogP contribution in [0.1, 0.15) is 5.69 Å². The Labute approximate surface area is 104 Å². The minimum absolute atomic E-state index is 0.0677. The lowest BCUT2D eigenvalue weighted by molar-refractivity contribution is 0.269. The zero-order valence-corrected chi connectivity index (χ0v) is 9.98. The molecule has 1 aromatic heterocycles. The average molecular weight is 244 g/mol. The fourth-order valence-electron chi connectivity index (χ4n) is 1.30. The van der Waals surface area contributed by atoms with Gasteiger partial charge in [0, 0.05) is 17.6 Å². The third-order valence-electron chi connectivity index (χ3n) is 2.10. The Hall–Kier alpha value is -1.81. The Balaban J connectivity index is 1.83. The Morgan fingerprint density at radius 3 is 2.59 bits per heavy atom. The van der Waals surface area contributed by atoms with Crippen LogP contribution in [0.3, 0.4) is 0 Å². The van der Waals surface area contributed by atoms with Crippen LogP contribution in [0, 0.1) is 0 Å². The van der Waals surface area contributed by atoms with Crippen LogP contribution in [0.25, 0.3) is 0 Å². The number of carbonyl (C=O) groups excluding carboxylic acids is 1. The smallest absolute Gasteiger partial charge is 0.283 e. The Morgan fingerprint density at radius 2 is 1.88 bits per heavy atom. The summed E-state index contributed by atoms with van der Waals surface area (Å²) in [6, 6.07) is 15.1. The number of nitrogens with one attached hydrogen (secondary N) is 1. The zero-order chi connectivity index (χ0) is 11.9. The molecule has 3 nitrogen and oxygen atoms in total. The first-order chi connectivity index (χ1) is 8.34. The highest BCUT2D eigenvalue weighted by atomic mass is 32.2. The number of rotatable bonds is 3. The van der Waals surface area contributed by atoms with Crippen LogP contribution in [0.2, 0.25) is 0 Å². The topological polar surface area (TPSA) is 42.0 Å². The summed E-state index contributed by atoms with van der Waals surface area (Å²) in [7, 11) is 0. The van der Waals surface area contributed by atoms with Gasteiger partial charge < -0.3 is 5.32 Å². The van der Waals surface area contributed by atoms with Crippen LogP contribution in [0.4, 0.5) is 10.5 Å². The lowest BCUT2D eigenvalue weighted by Crippen LogP contribution is -2.05. The Kier molecular flexibility index (Phi) is 4.16. The highest BCUT2D eigenvalue weighted by Crippen LogP contribution is 2.14. The number of aromatic nitrogens is 1. The first-order valence-corrected chi connectivity index (χ1v) is 6.22. The van der Waals surface area contributed by atoms with Crippen molar-refractivity contribution >= 4 is 22.7 Å². The molecule has 0 atom stereocenters. The van der Waals surface area contributed by atoms with E-state index in [0.717, 1.165) is 11.4 Å². The van der Waals surface area contributed by atoms with Crippen molar-refractivity contribution in [3.05, 3.63) is 60.4 Å². The van der Waals surface area contributed by atoms with Crippen molar-refractivity contribution in [1.29, 1.82) is 0 Å². The first kappa shape index (κ1) is 11.7. The van der Waals surface area contributed by atoms with E-state index in [1.807, 2.05) is 48.5 Å². The van der Waals surface area contributed by atoms with Gasteiger partial charge in [-0.15, -0.1) is 0 Å². The van der Waals surface area contributed by atoms with Crippen LogP contribution in [-0.2, 0) is 5.75 Å². The van der Waals surface area contributed by atoms with Gasteiger partial charge in [0.15, 0.2) is 0 Å². The third kappa shape index (κ3) is 3.92. The van der Waals surface area contributed by atoms with Crippen LogP contribution in [0.15, 0.2) is 54.7 Å².